The third-order valence-electron chi connectivity index (χ3n) is 2.34. The van der Waals surface area contributed by atoms with Crippen molar-refractivity contribution in [3.8, 4) is 6.07 Å². The van der Waals surface area contributed by atoms with Gasteiger partial charge in [-0.3, -0.25) is 4.79 Å². The number of aliphatic carboxylic acids is 1. The van der Waals surface area contributed by atoms with Gasteiger partial charge in [0.25, 0.3) is 0 Å². The maximum absolute atomic E-state index is 11.5. The van der Waals surface area contributed by atoms with E-state index in [-0.39, 0.29) is 6.54 Å². The van der Waals surface area contributed by atoms with E-state index >= 15 is 0 Å². The van der Waals surface area contributed by atoms with Crippen LogP contribution in [0.3, 0.4) is 0 Å². The van der Waals surface area contributed by atoms with E-state index in [1.807, 2.05) is 6.07 Å². The summed E-state index contributed by atoms with van der Waals surface area (Å²) in [4.78, 5) is 22.1. The summed E-state index contributed by atoms with van der Waals surface area (Å²) >= 11 is 3.23. The molecule has 1 aromatic carbocycles. The van der Waals surface area contributed by atoms with Crippen LogP contribution in [0, 0.1) is 17.2 Å². The summed E-state index contributed by atoms with van der Waals surface area (Å²) < 4.78 is 0.577. The number of carboxylic acid groups (broad SMARTS) is 1. The molecule has 1 atom stereocenters. The molecule has 19 heavy (non-hydrogen) atoms. The van der Waals surface area contributed by atoms with Crippen molar-refractivity contribution in [2.45, 2.75) is 6.92 Å². The van der Waals surface area contributed by atoms with Crippen molar-refractivity contribution in [3.63, 3.8) is 0 Å². The number of carbonyl (C=O) groups excluding carboxylic acids is 1. The van der Waals surface area contributed by atoms with Crippen molar-refractivity contribution in [2.75, 3.05) is 11.9 Å². The fraction of sp³-hybridized carbons (Fsp3) is 0.250. The molecule has 0 aromatic heterocycles. The molecule has 0 saturated carbocycles. The smallest absolute Gasteiger partial charge is 0.319 e. The second kappa shape index (κ2) is 6.75. The van der Waals surface area contributed by atoms with Crippen LogP contribution in [0.1, 0.15) is 12.5 Å². The first kappa shape index (κ1) is 15.0. The molecular formula is C12H12BrN3O3. The molecule has 6 nitrogen and oxygen atoms in total. The van der Waals surface area contributed by atoms with E-state index in [4.69, 9.17) is 10.4 Å². The Morgan fingerprint density at radius 1 is 1.53 bits per heavy atom. The summed E-state index contributed by atoms with van der Waals surface area (Å²) in [5.41, 5.74) is 0.969. The number of nitrogens with zero attached hydrogens (tertiary/aromatic N) is 1. The van der Waals surface area contributed by atoms with Gasteiger partial charge >= 0.3 is 12.0 Å². The van der Waals surface area contributed by atoms with Gasteiger partial charge in [0.15, 0.2) is 0 Å². The zero-order valence-corrected chi connectivity index (χ0v) is 11.7. The first-order valence-corrected chi connectivity index (χ1v) is 6.20. The summed E-state index contributed by atoms with van der Waals surface area (Å²) in [5.74, 6) is -1.63. The van der Waals surface area contributed by atoms with Crippen LogP contribution in [0.25, 0.3) is 0 Å². The standard InChI is InChI=1S/C12H12BrN3O3/c1-7(11(17)18)6-15-12(19)16-10-3-2-8(5-14)4-9(10)13/h2-4,7H,6H2,1H3,(H,17,18)(H2,15,16,19). The Hall–Kier alpha value is -2.07. The van der Waals surface area contributed by atoms with E-state index in [1.165, 1.54) is 6.92 Å². The SMILES string of the molecule is CC(CNC(=O)Nc1ccc(C#N)cc1Br)C(=O)O. The number of carboxylic acids is 1. The largest absolute Gasteiger partial charge is 0.481 e. The van der Waals surface area contributed by atoms with Crippen molar-refractivity contribution in [1.29, 1.82) is 5.26 Å². The lowest BCUT2D eigenvalue weighted by Gasteiger charge is -2.11. The van der Waals surface area contributed by atoms with Gasteiger partial charge in [-0.1, -0.05) is 6.92 Å². The number of amides is 2. The van der Waals surface area contributed by atoms with Crippen LogP contribution in [0.2, 0.25) is 0 Å². The number of nitrogens with one attached hydrogen (secondary N) is 2. The van der Waals surface area contributed by atoms with Crippen molar-refractivity contribution >= 4 is 33.6 Å². The highest BCUT2D eigenvalue weighted by molar-refractivity contribution is 9.10. The summed E-state index contributed by atoms with van der Waals surface area (Å²) in [5, 5.41) is 22.4. The molecule has 0 spiro atoms. The van der Waals surface area contributed by atoms with E-state index in [0.29, 0.717) is 15.7 Å². The predicted molar refractivity (Wildman–Crippen MR) is 72.7 cm³/mol. The van der Waals surface area contributed by atoms with Gasteiger partial charge in [0.05, 0.1) is 23.2 Å². The van der Waals surface area contributed by atoms with E-state index < -0.39 is 17.9 Å². The van der Waals surface area contributed by atoms with Crippen molar-refractivity contribution in [1.82, 2.24) is 5.32 Å². The fourth-order valence-electron chi connectivity index (χ4n) is 1.19. The molecule has 0 saturated heterocycles. The number of rotatable bonds is 4. The quantitative estimate of drug-likeness (QED) is 0.789. The van der Waals surface area contributed by atoms with Crippen LogP contribution < -0.4 is 10.6 Å². The molecule has 3 N–H and O–H groups in total. The Morgan fingerprint density at radius 3 is 2.74 bits per heavy atom. The van der Waals surface area contributed by atoms with E-state index in [9.17, 15) is 9.59 Å². The Kier molecular flexibility index (Phi) is 5.33. The number of halogens is 1. The van der Waals surface area contributed by atoms with Crippen LogP contribution in [0.15, 0.2) is 22.7 Å². The van der Waals surface area contributed by atoms with Crippen LogP contribution in [-0.4, -0.2) is 23.7 Å². The number of hydrogen-bond donors (Lipinski definition) is 3. The number of anilines is 1. The minimum atomic E-state index is -0.972. The van der Waals surface area contributed by atoms with E-state index in [1.54, 1.807) is 18.2 Å². The first-order valence-electron chi connectivity index (χ1n) is 5.41. The molecule has 1 aromatic rings. The van der Waals surface area contributed by atoms with Gasteiger partial charge in [0.2, 0.25) is 0 Å². The molecule has 1 rings (SSSR count). The van der Waals surface area contributed by atoms with Crippen LogP contribution >= 0.6 is 15.9 Å². The zero-order valence-electron chi connectivity index (χ0n) is 10.1. The molecule has 0 heterocycles. The van der Waals surface area contributed by atoms with Crippen LogP contribution in [-0.2, 0) is 4.79 Å². The van der Waals surface area contributed by atoms with Crippen molar-refractivity contribution < 1.29 is 14.7 Å². The topological polar surface area (TPSA) is 102 Å². The highest BCUT2D eigenvalue weighted by Gasteiger charge is 2.12. The van der Waals surface area contributed by atoms with Gasteiger partial charge in [0, 0.05) is 11.0 Å². The summed E-state index contributed by atoms with van der Waals surface area (Å²) in [6.07, 6.45) is 0. The molecule has 0 fully saturated rings. The Balaban J connectivity index is 2.58. The molecule has 0 aliphatic rings. The van der Waals surface area contributed by atoms with Gasteiger partial charge in [-0.25, -0.2) is 4.79 Å². The van der Waals surface area contributed by atoms with Gasteiger partial charge in [0.1, 0.15) is 0 Å². The van der Waals surface area contributed by atoms with Gasteiger partial charge in [-0.05, 0) is 34.1 Å². The highest BCUT2D eigenvalue weighted by atomic mass is 79.9. The molecule has 2 amide bonds. The number of nitriles is 1. The number of carbonyl (C=O) groups is 2. The monoisotopic (exact) mass is 325 g/mol. The average Bonchev–Trinajstić information content (AvgIpc) is 2.38. The normalized spacial score (nSPS) is 11.2. The van der Waals surface area contributed by atoms with Gasteiger partial charge < -0.3 is 15.7 Å². The molecule has 100 valence electrons. The third kappa shape index (κ3) is 4.60. The van der Waals surface area contributed by atoms with Crippen LogP contribution in [0.5, 0.6) is 0 Å². The summed E-state index contributed by atoms with van der Waals surface area (Å²) in [6, 6.07) is 6.21. The molecule has 0 aliphatic heterocycles. The molecule has 0 aliphatic carbocycles. The maximum atomic E-state index is 11.5. The predicted octanol–water partition coefficient (Wildman–Crippen LogP) is 2.16. The second-order valence-corrected chi connectivity index (χ2v) is 4.74. The lowest BCUT2D eigenvalue weighted by Crippen LogP contribution is -2.34. The minimum Gasteiger partial charge on any atom is -0.481 e. The zero-order chi connectivity index (χ0) is 14.4. The minimum absolute atomic E-state index is 0.0368. The molecule has 1 unspecified atom stereocenters. The lowest BCUT2D eigenvalue weighted by atomic mass is 10.2. The lowest BCUT2D eigenvalue weighted by molar-refractivity contribution is -0.140. The first-order chi connectivity index (χ1) is 8.93. The highest BCUT2D eigenvalue weighted by Crippen LogP contribution is 2.23. The summed E-state index contributed by atoms with van der Waals surface area (Å²) in [6.45, 7) is 1.54. The number of hydrogen-bond acceptors (Lipinski definition) is 3. The Labute approximate surface area is 118 Å². The van der Waals surface area contributed by atoms with Gasteiger partial charge in [-0.15, -0.1) is 0 Å². The van der Waals surface area contributed by atoms with Crippen molar-refractivity contribution in [2.24, 2.45) is 5.92 Å². The third-order valence-corrected chi connectivity index (χ3v) is 2.99. The fourth-order valence-corrected chi connectivity index (χ4v) is 1.66. The Bertz CT molecular complexity index is 540. The summed E-state index contributed by atoms with van der Waals surface area (Å²) in [7, 11) is 0. The molecule has 0 bridgehead atoms. The van der Waals surface area contributed by atoms with E-state index in [2.05, 4.69) is 26.6 Å². The second-order valence-electron chi connectivity index (χ2n) is 3.88. The molecule has 7 heteroatoms. The van der Waals surface area contributed by atoms with Gasteiger partial charge in [-0.2, -0.15) is 5.26 Å². The number of urea groups is 1. The molecule has 0 radical (unpaired) electrons. The maximum Gasteiger partial charge on any atom is 0.319 e. The van der Waals surface area contributed by atoms with E-state index in [0.717, 1.165) is 0 Å². The average molecular weight is 326 g/mol. The molecular weight excluding hydrogens is 314 g/mol. The Morgan fingerprint density at radius 2 is 2.21 bits per heavy atom. The van der Waals surface area contributed by atoms with Crippen molar-refractivity contribution in [3.05, 3.63) is 28.2 Å². The number of benzene rings is 1. The van der Waals surface area contributed by atoms with Crippen LogP contribution in [0.4, 0.5) is 10.5 Å².